The first kappa shape index (κ1) is 25.2. The SMILES string of the molecule is CC(C)CC(N)C(=O)NC(CC(C)C)C(=O)NCC(=O)NC(CS)C(=O)O. The minimum Gasteiger partial charge on any atom is -0.480 e. The van der Waals surface area contributed by atoms with Gasteiger partial charge in [-0.3, -0.25) is 14.4 Å². The number of nitrogens with two attached hydrogens (primary N) is 1. The summed E-state index contributed by atoms with van der Waals surface area (Å²) in [4.78, 5) is 47.2. The van der Waals surface area contributed by atoms with E-state index in [0.29, 0.717) is 12.8 Å². The maximum absolute atomic E-state index is 12.4. The largest absolute Gasteiger partial charge is 0.480 e. The highest BCUT2D eigenvalue weighted by Crippen LogP contribution is 2.07. The maximum Gasteiger partial charge on any atom is 0.327 e. The van der Waals surface area contributed by atoms with Crippen molar-refractivity contribution in [3.8, 4) is 0 Å². The third-order valence-electron chi connectivity index (χ3n) is 3.64. The minimum absolute atomic E-state index is 0.0746. The number of carboxylic acid groups (broad SMARTS) is 1. The Bertz CT molecular complexity index is 527. The van der Waals surface area contributed by atoms with E-state index >= 15 is 0 Å². The van der Waals surface area contributed by atoms with E-state index in [1.54, 1.807) is 0 Å². The van der Waals surface area contributed by atoms with Crippen LogP contribution in [0.5, 0.6) is 0 Å². The highest BCUT2D eigenvalue weighted by Gasteiger charge is 2.26. The number of carboxylic acids is 1. The van der Waals surface area contributed by atoms with Gasteiger partial charge in [0.2, 0.25) is 17.7 Å². The third kappa shape index (κ3) is 10.8. The number of hydrogen-bond donors (Lipinski definition) is 6. The fraction of sp³-hybridized carbons (Fsp3) is 0.765. The number of aliphatic carboxylic acids is 1. The lowest BCUT2D eigenvalue weighted by atomic mass is 10.0. The summed E-state index contributed by atoms with van der Waals surface area (Å²) in [5.74, 6) is -2.53. The van der Waals surface area contributed by atoms with Crippen LogP contribution in [-0.4, -0.2) is 59.2 Å². The average molecular weight is 405 g/mol. The Balaban J connectivity index is 4.76. The van der Waals surface area contributed by atoms with Crippen LogP contribution < -0.4 is 21.7 Å². The van der Waals surface area contributed by atoms with Crippen molar-refractivity contribution >= 4 is 36.3 Å². The van der Waals surface area contributed by atoms with Crippen molar-refractivity contribution in [3.63, 3.8) is 0 Å². The van der Waals surface area contributed by atoms with Crippen LogP contribution in [0, 0.1) is 11.8 Å². The van der Waals surface area contributed by atoms with E-state index in [4.69, 9.17) is 10.8 Å². The molecule has 0 bridgehead atoms. The molecule has 0 saturated carbocycles. The quantitative estimate of drug-likeness (QED) is 0.242. The van der Waals surface area contributed by atoms with Crippen LogP contribution in [0.4, 0.5) is 0 Å². The summed E-state index contributed by atoms with van der Waals surface area (Å²) in [6.07, 6.45) is 0.868. The fourth-order valence-electron chi connectivity index (χ4n) is 2.32. The third-order valence-corrected chi connectivity index (χ3v) is 4.01. The highest BCUT2D eigenvalue weighted by atomic mass is 32.1. The Morgan fingerprint density at radius 3 is 1.93 bits per heavy atom. The van der Waals surface area contributed by atoms with Crippen molar-refractivity contribution in [1.82, 2.24) is 16.0 Å². The van der Waals surface area contributed by atoms with Gasteiger partial charge in [-0.25, -0.2) is 4.79 Å². The second-order valence-corrected chi connectivity index (χ2v) is 7.65. The van der Waals surface area contributed by atoms with Gasteiger partial charge in [-0.2, -0.15) is 12.6 Å². The van der Waals surface area contributed by atoms with E-state index in [0.717, 1.165) is 0 Å². The Morgan fingerprint density at radius 1 is 0.926 bits per heavy atom. The zero-order valence-corrected chi connectivity index (χ0v) is 17.2. The highest BCUT2D eigenvalue weighted by molar-refractivity contribution is 7.80. The zero-order chi connectivity index (χ0) is 21.1. The van der Waals surface area contributed by atoms with Crippen LogP contribution in [0.2, 0.25) is 0 Å². The minimum atomic E-state index is -1.21. The van der Waals surface area contributed by atoms with Crippen LogP contribution in [0.25, 0.3) is 0 Å². The molecule has 156 valence electrons. The van der Waals surface area contributed by atoms with Crippen LogP contribution in [0.3, 0.4) is 0 Å². The smallest absolute Gasteiger partial charge is 0.327 e. The van der Waals surface area contributed by atoms with Crippen LogP contribution in [-0.2, 0) is 19.2 Å². The zero-order valence-electron chi connectivity index (χ0n) is 16.3. The Hall–Kier alpha value is -1.81. The Morgan fingerprint density at radius 2 is 1.48 bits per heavy atom. The first-order valence-corrected chi connectivity index (χ1v) is 9.57. The summed E-state index contributed by atoms with van der Waals surface area (Å²) in [6.45, 7) is 7.28. The summed E-state index contributed by atoms with van der Waals surface area (Å²) >= 11 is 3.85. The molecule has 0 aromatic carbocycles. The number of thiol groups is 1. The predicted molar refractivity (Wildman–Crippen MR) is 105 cm³/mol. The molecule has 0 saturated heterocycles. The number of carbonyl (C=O) groups excluding carboxylic acids is 3. The molecule has 9 nitrogen and oxygen atoms in total. The summed E-state index contributed by atoms with van der Waals surface area (Å²) in [5, 5.41) is 16.2. The lowest BCUT2D eigenvalue weighted by Gasteiger charge is -2.22. The number of rotatable bonds is 12. The van der Waals surface area contributed by atoms with E-state index in [1.165, 1.54) is 0 Å². The molecular weight excluding hydrogens is 372 g/mol. The summed E-state index contributed by atoms with van der Waals surface area (Å²) in [6, 6.07) is -2.69. The second kappa shape index (κ2) is 12.6. The lowest BCUT2D eigenvalue weighted by Crippen LogP contribution is -2.54. The number of nitrogens with one attached hydrogen (secondary N) is 3. The molecule has 0 aromatic rings. The summed E-state index contributed by atoms with van der Waals surface area (Å²) < 4.78 is 0. The van der Waals surface area contributed by atoms with Crippen LogP contribution >= 0.6 is 12.6 Å². The van der Waals surface area contributed by atoms with E-state index < -0.39 is 48.4 Å². The van der Waals surface area contributed by atoms with E-state index in [9.17, 15) is 19.2 Å². The van der Waals surface area contributed by atoms with Crippen molar-refractivity contribution in [1.29, 1.82) is 0 Å². The van der Waals surface area contributed by atoms with Crippen LogP contribution in [0.15, 0.2) is 0 Å². The van der Waals surface area contributed by atoms with Crippen molar-refractivity contribution in [2.24, 2.45) is 17.6 Å². The summed E-state index contributed by atoms with van der Waals surface area (Å²) in [7, 11) is 0. The molecule has 0 rings (SSSR count). The van der Waals surface area contributed by atoms with Crippen molar-refractivity contribution < 1.29 is 24.3 Å². The molecule has 0 spiro atoms. The van der Waals surface area contributed by atoms with Gasteiger partial charge in [0.1, 0.15) is 12.1 Å². The van der Waals surface area contributed by atoms with Gasteiger partial charge in [0.25, 0.3) is 0 Å². The molecule has 0 aliphatic heterocycles. The van der Waals surface area contributed by atoms with Crippen molar-refractivity contribution in [3.05, 3.63) is 0 Å². The molecule has 3 amide bonds. The molecule has 27 heavy (non-hydrogen) atoms. The van der Waals surface area contributed by atoms with Gasteiger partial charge >= 0.3 is 5.97 Å². The van der Waals surface area contributed by atoms with Gasteiger partial charge in [0, 0.05) is 5.75 Å². The van der Waals surface area contributed by atoms with Crippen LogP contribution in [0.1, 0.15) is 40.5 Å². The molecule has 3 atom stereocenters. The molecular formula is C17H32N4O5S. The summed E-state index contributed by atoms with van der Waals surface area (Å²) in [5.41, 5.74) is 5.85. The molecule has 6 N–H and O–H groups in total. The van der Waals surface area contributed by atoms with Gasteiger partial charge in [-0.05, 0) is 24.7 Å². The fourth-order valence-corrected chi connectivity index (χ4v) is 2.57. The average Bonchev–Trinajstić information content (AvgIpc) is 2.55. The first-order valence-electron chi connectivity index (χ1n) is 8.94. The van der Waals surface area contributed by atoms with E-state index in [2.05, 4.69) is 28.6 Å². The number of hydrogen-bond acceptors (Lipinski definition) is 6. The molecule has 3 unspecified atom stereocenters. The van der Waals surface area contributed by atoms with Gasteiger partial charge in [-0.1, -0.05) is 27.7 Å². The molecule has 0 radical (unpaired) electrons. The molecule has 0 fully saturated rings. The van der Waals surface area contributed by atoms with Crippen molar-refractivity contribution in [2.45, 2.75) is 58.7 Å². The monoisotopic (exact) mass is 404 g/mol. The van der Waals surface area contributed by atoms with E-state index in [1.807, 2.05) is 27.7 Å². The van der Waals surface area contributed by atoms with Crippen molar-refractivity contribution in [2.75, 3.05) is 12.3 Å². The maximum atomic E-state index is 12.4. The molecule has 0 heterocycles. The number of carbonyl (C=O) groups is 4. The lowest BCUT2D eigenvalue weighted by molar-refractivity contribution is -0.141. The molecule has 0 aromatic heterocycles. The second-order valence-electron chi connectivity index (χ2n) is 7.29. The Kier molecular flexibility index (Phi) is 11.7. The molecule has 10 heteroatoms. The first-order chi connectivity index (χ1) is 12.5. The predicted octanol–water partition coefficient (Wildman–Crippen LogP) is -0.494. The molecule has 0 aliphatic carbocycles. The molecule has 0 aliphatic rings. The normalized spacial score (nSPS) is 14.4. The number of amides is 3. The van der Waals surface area contributed by atoms with Gasteiger partial charge < -0.3 is 26.8 Å². The van der Waals surface area contributed by atoms with Gasteiger partial charge in [0.15, 0.2) is 0 Å². The Labute approximate surface area is 165 Å². The topological polar surface area (TPSA) is 151 Å². The standard InChI is InChI=1S/C17H32N4O5S/c1-9(2)5-11(18)15(23)21-12(6-10(3)4)16(24)19-7-14(22)20-13(8-27)17(25)26/h9-13,27H,5-8,18H2,1-4H3,(H,19,24)(H,20,22)(H,21,23)(H,25,26). The van der Waals surface area contributed by atoms with E-state index in [-0.39, 0.29) is 17.6 Å². The van der Waals surface area contributed by atoms with Gasteiger partial charge in [0.05, 0.1) is 12.6 Å². The van der Waals surface area contributed by atoms with Gasteiger partial charge in [-0.15, -0.1) is 0 Å².